The molecule has 1 fully saturated rings. The summed E-state index contributed by atoms with van der Waals surface area (Å²) in [4.78, 5) is 14.5. The second-order valence-corrected chi connectivity index (χ2v) is 9.66. The van der Waals surface area contributed by atoms with Gasteiger partial charge in [-0.3, -0.25) is 9.69 Å². The van der Waals surface area contributed by atoms with Crippen LogP contribution in [0.2, 0.25) is 0 Å². The van der Waals surface area contributed by atoms with E-state index in [1.54, 1.807) is 12.3 Å². The monoisotopic (exact) mass is 388 g/mol. The lowest BCUT2D eigenvalue weighted by Gasteiger charge is -2.26. The average Bonchev–Trinajstić information content (AvgIpc) is 3.34. The number of nitrogens with one attached hydrogen (secondary N) is 1. The van der Waals surface area contributed by atoms with Crippen molar-refractivity contribution in [1.82, 2.24) is 4.90 Å². The van der Waals surface area contributed by atoms with E-state index in [1.165, 1.54) is 17.5 Å². The molecule has 0 bridgehead atoms. The fraction of sp³-hybridized carbons (Fsp3) is 0.450. The average molecular weight is 388 g/mol. The van der Waals surface area contributed by atoms with Crippen LogP contribution in [0.1, 0.15) is 29.7 Å². The summed E-state index contributed by atoms with van der Waals surface area (Å²) in [5, 5.41) is 2.97. The van der Waals surface area contributed by atoms with Crippen LogP contribution in [0.4, 0.5) is 5.69 Å². The summed E-state index contributed by atoms with van der Waals surface area (Å²) in [5.41, 5.74) is 3.48. The molecule has 2 aliphatic rings. The van der Waals surface area contributed by atoms with Gasteiger partial charge >= 0.3 is 0 Å². The Kier molecular flexibility index (Phi) is 5.06. The van der Waals surface area contributed by atoms with Crippen molar-refractivity contribution >= 4 is 21.4 Å². The topological polar surface area (TPSA) is 79.6 Å². The summed E-state index contributed by atoms with van der Waals surface area (Å²) >= 11 is 0. The minimum atomic E-state index is -3.02. The van der Waals surface area contributed by atoms with Gasteiger partial charge in [-0.05, 0) is 61.1 Å². The number of benzene rings is 1. The number of nitrogens with zero attached hydrogens (tertiary/aromatic N) is 1. The third kappa shape index (κ3) is 4.42. The summed E-state index contributed by atoms with van der Waals surface area (Å²) in [5.74, 6) is 0.868. The van der Waals surface area contributed by atoms with Crippen molar-refractivity contribution < 1.29 is 17.6 Å². The summed E-state index contributed by atoms with van der Waals surface area (Å²) in [6.07, 6.45) is 5.47. The number of sulfone groups is 1. The maximum atomic E-state index is 12.6. The molecule has 1 unspecified atom stereocenters. The zero-order chi connectivity index (χ0) is 18.9. The number of carbonyl (C=O) groups excluding carboxylic acids is 1. The highest BCUT2D eigenvalue weighted by atomic mass is 32.2. The number of fused-ring (bicyclic) bond motifs is 1. The molecule has 27 heavy (non-hydrogen) atoms. The van der Waals surface area contributed by atoms with Crippen LogP contribution < -0.4 is 5.32 Å². The predicted octanol–water partition coefficient (Wildman–Crippen LogP) is 2.40. The zero-order valence-corrected chi connectivity index (χ0v) is 16.0. The first-order chi connectivity index (χ1) is 13.0. The number of hydrogen-bond acceptors (Lipinski definition) is 5. The van der Waals surface area contributed by atoms with Crippen molar-refractivity contribution in [3.05, 3.63) is 53.5 Å². The zero-order valence-electron chi connectivity index (χ0n) is 15.2. The lowest BCUT2D eigenvalue weighted by Crippen LogP contribution is -2.41. The first kappa shape index (κ1) is 18.3. The third-order valence-electron chi connectivity index (χ3n) is 5.39. The van der Waals surface area contributed by atoms with Gasteiger partial charge in [-0.25, -0.2) is 8.42 Å². The van der Waals surface area contributed by atoms with E-state index in [4.69, 9.17) is 4.42 Å². The Morgan fingerprint density at radius 1 is 1.22 bits per heavy atom. The van der Waals surface area contributed by atoms with E-state index < -0.39 is 9.84 Å². The Bertz CT molecular complexity index is 921. The Morgan fingerprint density at radius 2 is 2.07 bits per heavy atom. The van der Waals surface area contributed by atoms with E-state index in [1.807, 2.05) is 17.0 Å². The molecule has 0 radical (unpaired) electrons. The van der Waals surface area contributed by atoms with Crippen LogP contribution in [0.3, 0.4) is 0 Å². The molecule has 1 aliphatic heterocycles. The molecule has 7 heteroatoms. The Labute approximate surface area is 159 Å². The van der Waals surface area contributed by atoms with Crippen LogP contribution in [0.5, 0.6) is 0 Å². The fourth-order valence-electron chi connectivity index (χ4n) is 4.01. The molecule has 1 N–H and O–H groups in total. The van der Waals surface area contributed by atoms with Crippen molar-refractivity contribution in [1.29, 1.82) is 0 Å². The first-order valence-corrected chi connectivity index (χ1v) is 11.2. The summed E-state index contributed by atoms with van der Waals surface area (Å²) in [7, 11) is -3.02. The van der Waals surface area contributed by atoms with Crippen molar-refractivity contribution in [3.8, 4) is 0 Å². The molecule has 4 rings (SSSR count). The quantitative estimate of drug-likeness (QED) is 0.822. The van der Waals surface area contributed by atoms with E-state index in [2.05, 4.69) is 17.4 Å². The largest absolute Gasteiger partial charge is 0.468 e. The predicted molar refractivity (Wildman–Crippen MR) is 103 cm³/mol. The molecule has 6 nitrogen and oxygen atoms in total. The van der Waals surface area contributed by atoms with E-state index in [9.17, 15) is 13.2 Å². The van der Waals surface area contributed by atoms with Gasteiger partial charge in [-0.2, -0.15) is 0 Å². The number of hydrogen-bond donors (Lipinski definition) is 1. The second-order valence-electron chi connectivity index (χ2n) is 7.43. The van der Waals surface area contributed by atoms with Gasteiger partial charge in [0.2, 0.25) is 5.91 Å². The van der Waals surface area contributed by atoms with Crippen LogP contribution in [-0.4, -0.2) is 43.3 Å². The highest BCUT2D eigenvalue weighted by Gasteiger charge is 2.33. The number of rotatable bonds is 6. The minimum absolute atomic E-state index is 0.0971. The van der Waals surface area contributed by atoms with Crippen LogP contribution >= 0.6 is 0 Å². The lowest BCUT2D eigenvalue weighted by atomic mass is 10.1. The Morgan fingerprint density at radius 3 is 2.81 bits per heavy atom. The normalized spacial score (nSPS) is 20.7. The molecule has 2 heterocycles. The van der Waals surface area contributed by atoms with E-state index in [0.717, 1.165) is 24.3 Å². The molecule has 1 atom stereocenters. The summed E-state index contributed by atoms with van der Waals surface area (Å²) in [6.45, 7) is 0.558. The van der Waals surface area contributed by atoms with Crippen LogP contribution in [0.25, 0.3) is 0 Å². The molecular formula is C20H24N2O4S. The minimum Gasteiger partial charge on any atom is -0.468 e. The van der Waals surface area contributed by atoms with Crippen LogP contribution in [-0.2, 0) is 34.0 Å². The molecule has 0 saturated carbocycles. The molecular weight excluding hydrogens is 364 g/mol. The second kappa shape index (κ2) is 7.48. The van der Waals surface area contributed by atoms with Gasteiger partial charge in [0, 0.05) is 11.7 Å². The van der Waals surface area contributed by atoms with Crippen molar-refractivity contribution in [3.63, 3.8) is 0 Å². The van der Waals surface area contributed by atoms with Gasteiger partial charge in [-0.15, -0.1) is 0 Å². The van der Waals surface area contributed by atoms with E-state index in [-0.39, 0.29) is 30.0 Å². The lowest BCUT2D eigenvalue weighted by molar-refractivity contribution is -0.118. The molecule has 144 valence electrons. The highest BCUT2D eigenvalue weighted by Crippen LogP contribution is 2.25. The third-order valence-corrected chi connectivity index (χ3v) is 7.14. The maximum Gasteiger partial charge on any atom is 0.238 e. The molecule has 1 amide bonds. The summed E-state index contributed by atoms with van der Waals surface area (Å²) in [6, 6.07) is 9.56. The molecule has 1 aliphatic carbocycles. The van der Waals surface area contributed by atoms with Crippen LogP contribution in [0, 0.1) is 0 Å². The molecule has 0 spiro atoms. The molecule has 1 saturated heterocycles. The standard InChI is InChI=1S/C20H24N2O4S/c23-20(21-17-7-6-15-3-1-4-16(15)11-17)13-22(12-19-5-2-9-26-19)18-8-10-27(24,25)14-18/h2,5-7,9,11,18H,1,3-4,8,10,12-14H2,(H,21,23). The Hall–Kier alpha value is -2.12. The van der Waals surface area contributed by atoms with Crippen LogP contribution in [0.15, 0.2) is 41.0 Å². The smallest absolute Gasteiger partial charge is 0.238 e. The van der Waals surface area contributed by atoms with Gasteiger partial charge in [0.05, 0.1) is 30.9 Å². The van der Waals surface area contributed by atoms with E-state index in [0.29, 0.717) is 13.0 Å². The number of furan rings is 1. The van der Waals surface area contributed by atoms with Gasteiger partial charge in [0.1, 0.15) is 5.76 Å². The summed E-state index contributed by atoms with van der Waals surface area (Å²) < 4.78 is 29.2. The SMILES string of the molecule is O=C(CN(Cc1ccco1)C1CCS(=O)(=O)C1)Nc1ccc2c(c1)CCC2. The van der Waals surface area contributed by atoms with Crippen molar-refractivity contribution in [2.45, 2.75) is 38.3 Å². The highest BCUT2D eigenvalue weighted by molar-refractivity contribution is 7.91. The van der Waals surface area contributed by atoms with Gasteiger partial charge in [-0.1, -0.05) is 6.07 Å². The van der Waals surface area contributed by atoms with Gasteiger partial charge < -0.3 is 9.73 Å². The molecule has 1 aromatic heterocycles. The van der Waals surface area contributed by atoms with Crippen molar-refractivity contribution in [2.24, 2.45) is 0 Å². The van der Waals surface area contributed by atoms with Gasteiger partial charge in [0.15, 0.2) is 9.84 Å². The molecule has 2 aromatic rings. The number of aryl methyl sites for hydroxylation is 2. The molecule has 1 aromatic carbocycles. The Balaban J connectivity index is 1.44. The first-order valence-electron chi connectivity index (χ1n) is 9.37. The van der Waals surface area contributed by atoms with Gasteiger partial charge in [0.25, 0.3) is 0 Å². The number of anilines is 1. The number of carbonyl (C=O) groups is 1. The number of amides is 1. The van der Waals surface area contributed by atoms with Crippen molar-refractivity contribution in [2.75, 3.05) is 23.4 Å². The fourth-order valence-corrected chi connectivity index (χ4v) is 5.78. The maximum absolute atomic E-state index is 12.6. The van der Waals surface area contributed by atoms with E-state index >= 15 is 0 Å².